The van der Waals surface area contributed by atoms with Crippen molar-refractivity contribution < 1.29 is 9.90 Å². The van der Waals surface area contributed by atoms with Crippen LogP contribution in [0.2, 0.25) is 0 Å². The lowest BCUT2D eigenvalue weighted by Crippen LogP contribution is -2.26. The highest BCUT2D eigenvalue weighted by Gasteiger charge is 2.56. The predicted octanol–water partition coefficient (Wildman–Crippen LogP) is 1.07. The summed E-state index contributed by atoms with van der Waals surface area (Å²) >= 11 is 3.07. The van der Waals surface area contributed by atoms with Gasteiger partial charge in [-0.25, -0.2) is 0 Å². The van der Waals surface area contributed by atoms with E-state index in [0.717, 1.165) is 0 Å². The van der Waals surface area contributed by atoms with E-state index in [2.05, 4.69) is 21.7 Å². The fourth-order valence-electron chi connectivity index (χ4n) is 1.58. The van der Waals surface area contributed by atoms with Crippen LogP contribution in [0.25, 0.3) is 0 Å². The standard InChI is InChI=1S/C9H11BrO2/c1-9(2)6(4-3-5-10)7(9)8(11)12/h4-7H,1-2H3,(H,11,12)/p-1. The second-order valence-corrected chi connectivity index (χ2v) is 4.04. The van der Waals surface area contributed by atoms with Crippen LogP contribution < -0.4 is 5.11 Å². The first-order valence-electron chi connectivity index (χ1n) is 3.74. The van der Waals surface area contributed by atoms with Crippen molar-refractivity contribution in [3.63, 3.8) is 0 Å². The molecule has 0 aromatic rings. The Kier molecular flexibility index (Phi) is 2.45. The molecule has 2 unspecified atom stereocenters. The van der Waals surface area contributed by atoms with E-state index in [1.165, 1.54) is 0 Å². The van der Waals surface area contributed by atoms with Gasteiger partial charge in [-0.05, 0) is 17.4 Å². The van der Waals surface area contributed by atoms with Gasteiger partial charge < -0.3 is 9.90 Å². The van der Waals surface area contributed by atoms with E-state index >= 15 is 0 Å². The average Bonchev–Trinajstić information content (AvgIpc) is 2.49. The molecule has 0 bridgehead atoms. The molecular weight excluding hydrogens is 220 g/mol. The first-order valence-corrected chi connectivity index (χ1v) is 4.65. The molecular formula is C9H10BrO2-. The fourth-order valence-corrected chi connectivity index (χ4v) is 1.73. The maximum Gasteiger partial charge on any atom is 0.0457 e. The summed E-state index contributed by atoms with van der Waals surface area (Å²) in [6, 6.07) is 0. The van der Waals surface area contributed by atoms with Crippen LogP contribution in [0, 0.1) is 17.3 Å². The fraction of sp³-hybridized carbons (Fsp3) is 0.556. The van der Waals surface area contributed by atoms with Crippen LogP contribution in [-0.4, -0.2) is 5.97 Å². The number of carbonyl (C=O) groups excluding carboxylic acids is 1. The van der Waals surface area contributed by atoms with E-state index in [0.29, 0.717) is 0 Å². The number of carboxylic acid groups (broad SMARTS) is 1. The van der Waals surface area contributed by atoms with Crippen LogP contribution in [-0.2, 0) is 4.79 Å². The Balaban J connectivity index is 2.73. The molecule has 0 heterocycles. The van der Waals surface area contributed by atoms with Crippen LogP contribution in [0.15, 0.2) is 16.8 Å². The Morgan fingerprint density at radius 2 is 2.25 bits per heavy atom. The van der Waals surface area contributed by atoms with E-state index in [1.807, 2.05) is 13.8 Å². The largest absolute Gasteiger partial charge is 0.550 e. The van der Waals surface area contributed by atoms with Crippen molar-refractivity contribution in [2.75, 3.05) is 0 Å². The van der Waals surface area contributed by atoms with E-state index in [-0.39, 0.29) is 17.3 Å². The monoisotopic (exact) mass is 229 g/mol. The van der Waals surface area contributed by atoms with E-state index < -0.39 is 5.97 Å². The highest BCUT2D eigenvalue weighted by atomic mass is 79.9. The zero-order valence-electron chi connectivity index (χ0n) is 7.00. The molecule has 1 saturated carbocycles. The van der Waals surface area contributed by atoms with Gasteiger partial charge in [-0.3, -0.25) is 0 Å². The summed E-state index contributed by atoms with van der Waals surface area (Å²) in [5, 5.41) is 10.6. The van der Waals surface area contributed by atoms with Gasteiger partial charge in [0.05, 0.1) is 0 Å². The average molecular weight is 230 g/mol. The van der Waals surface area contributed by atoms with Gasteiger partial charge in [-0.15, -0.1) is 5.73 Å². The molecule has 0 N–H and O–H groups in total. The predicted molar refractivity (Wildman–Crippen MR) is 47.3 cm³/mol. The van der Waals surface area contributed by atoms with E-state index in [9.17, 15) is 9.90 Å². The van der Waals surface area contributed by atoms with Crippen molar-refractivity contribution in [2.45, 2.75) is 13.8 Å². The lowest BCUT2D eigenvalue weighted by Gasteiger charge is -2.01. The van der Waals surface area contributed by atoms with Gasteiger partial charge in [0.1, 0.15) is 0 Å². The number of rotatable bonds is 2. The number of allylic oxidation sites excluding steroid dienone is 1. The Morgan fingerprint density at radius 1 is 1.67 bits per heavy atom. The van der Waals surface area contributed by atoms with E-state index in [4.69, 9.17) is 0 Å². The number of carboxylic acids is 1. The van der Waals surface area contributed by atoms with Crippen LogP contribution in [0.3, 0.4) is 0 Å². The Labute approximate surface area is 80.1 Å². The topological polar surface area (TPSA) is 40.1 Å². The summed E-state index contributed by atoms with van der Waals surface area (Å²) in [5.74, 6) is -1.24. The highest BCUT2D eigenvalue weighted by Crippen LogP contribution is 2.58. The Hall–Kier alpha value is -0.530. The Bertz CT molecular complexity index is 262. The van der Waals surface area contributed by atoms with Crippen molar-refractivity contribution in [1.29, 1.82) is 0 Å². The molecule has 2 nitrogen and oxygen atoms in total. The number of halogens is 1. The maximum atomic E-state index is 10.6. The maximum absolute atomic E-state index is 10.6. The van der Waals surface area contributed by atoms with Crippen molar-refractivity contribution in [3.8, 4) is 0 Å². The number of hydrogen-bond acceptors (Lipinski definition) is 2. The molecule has 0 spiro atoms. The molecule has 0 aromatic heterocycles. The number of carbonyl (C=O) groups is 1. The zero-order chi connectivity index (χ0) is 9.35. The summed E-state index contributed by atoms with van der Waals surface area (Å²) in [7, 11) is 0. The molecule has 1 aliphatic rings. The molecule has 66 valence electrons. The van der Waals surface area contributed by atoms with Crippen LogP contribution in [0.1, 0.15) is 13.8 Å². The van der Waals surface area contributed by atoms with Crippen molar-refractivity contribution in [1.82, 2.24) is 0 Å². The molecule has 0 radical (unpaired) electrons. The van der Waals surface area contributed by atoms with Crippen molar-refractivity contribution >= 4 is 21.9 Å². The minimum atomic E-state index is -0.961. The van der Waals surface area contributed by atoms with Gasteiger partial charge in [-0.1, -0.05) is 29.8 Å². The molecule has 2 atom stereocenters. The van der Waals surface area contributed by atoms with Crippen molar-refractivity contribution in [3.05, 3.63) is 16.8 Å². The molecule has 0 aromatic carbocycles. The molecule has 0 aliphatic heterocycles. The molecule has 0 saturated heterocycles. The summed E-state index contributed by atoms with van der Waals surface area (Å²) < 4.78 is 0. The second-order valence-electron chi connectivity index (χ2n) is 3.59. The van der Waals surface area contributed by atoms with E-state index in [1.54, 1.807) is 11.1 Å². The van der Waals surface area contributed by atoms with Gasteiger partial charge in [0, 0.05) is 16.9 Å². The molecule has 3 heteroatoms. The first-order chi connectivity index (χ1) is 5.51. The molecule has 0 amide bonds. The Morgan fingerprint density at radius 3 is 2.58 bits per heavy atom. The molecule has 1 fully saturated rings. The number of aliphatic carboxylic acids is 1. The third-order valence-corrected chi connectivity index (χ3v) is 2.77. The molecule has 1 rings (SSSR count). The minimum Gasteiger partial charge on any atom is -0.550 e. The second kappa shape index (κ2) is 3.08. The lowest BCUT2D eigenvalue weighted by molar-refractivity contribution is -0.308. The smallest absolute Gasteiger partial charge is 0.0457 e. The number of hydrogen-bond donors (Lipinski definition) is 0. The first kappa shape index (κ1) is 9.56. The van der Waals surface area contributed by atoms with Crippen LogP contribution >= 0.6 is 15.9 Å². The molecule has 1 aliphatic carbocycles. The SMILES string of the molecule is CC1(C)C(C=C=CBr)C1C(=O)[O-]. The third kappa shape index (κ3) is 1.47. The third-order valence-electron chi connectivity index (χ3n) is 2.50. The summed E-state index contributed by atoms with van der Waals surface area (Å²) in [6.45, 7) is 3.84. The molecule has 12 heavy (non-hydrogen) atoms. The van der Waals surface area contributed by atoms with Gasteiger partial charge in [0.15, 0.2) is 0 Å². The van der Waals surface area contributed by atoms with Gasteiger partial charge >= 0.3 is 0 Å². The zero-order valence-corrected chi connectivity index (χ0v) is 8.59. The van der Waals surface area contributed by atoms with Gasteiger partial charge in [0.2, 0.25) is 0 Å². The van der Waals surface area contributed by atoms with Crippen LogP contribution in [0.4, 0.5) is 0 Å². The summed E-state index contributed by atoms with van der Waals surface area (Å²) in [5.41, 5.74) is 2.66. The quantitative estimate of drug-likeness (QED) is 0.665. The minimum absolute atomic E-state index is 0.0660. The summed E-state index contributed by atoms with van der Waals surface area (Å²) in [6.07, 6.45) is 1.77. The normalized spacial score (nSPS) is 30.2. The van der Waals surface area contributed by atoms with Gasteiger partial charge in [0.25, 0.3) is 0 Å². The van der Waals surface area contributed by atoms with Crippen molar-refractivity contribution in [2.24, 2.45) is 17.3 Å². The summed E-state index contributed by atoms with van der Waals surface area (Å²) in [4.78, 5) is 12.2. The lowest BCUT2D eigenvalue weighted by atomic mass is 10.1. The van der Waals surface area contributed by atoms with Gasteiger partial charge in [-0.2, -0.15) is 0 Å². The van der Waals surface area contributed by atoms with Crippen LogP contribution in [0.5, 0.6) is 0 Å². The highest BCUT2D eigenvalue weighted by molar-refractivity contribution is 9.11.